The van der Waals surface area contributed by atoms with Gasteiger partial charge in [0, 0.05) is 26.9 Å². The van der Waals surface area contributed by atoms with E-state index < -0.39 is 10.0 Å². The van der Waals surface area contributed by atoms with Crippen molar-refractivity contribution < 1.29 is 13.2 Å². The van der Waals surface area contributed by atoms with Crippen LogP contribution in [-0.4, -0.2) is 20.9 Å². The van der Waals surface area contributed by atoms with Gasteiger partial charge in [-0.25, -0.2) is 8.42 Å². The average molecular weight is 629 g/mol. The van der Waals surface area contributed by atoms with Gasteiger partial charge in [0.05, 0.1) is 16.3 Å². The molecule has 0 aliphatic rings. The average Bonchev–Trinajstić information content (AvgIpc) is 2.75. The Bertz CT molecular complexity index is 1320. The third-order valence-electron chi connectivity index (χ3n) is 5.31. The molecule has 0 bridgehead atoms. The molecule has 0 aliphatic heterocycles. The zero-order valence-electron chi connectivity index (χ0n) is 19.2. The van der Waals surface area contributed by atoms with Gasteiger partial charge in [0.2, 0.25) is 5.91 Å². The molecule has 0 radical (unpaired) electrons. The highest BCUT2D eigenvalue weighted by atomic mass is 79.9. The Labute approximate surface area is 222 Å². The van der Waals surface area contributed by atoms with E-state index in [1.807, 2.05) is 39.8 Å². The minimum Gasteiger partial charge on any atom is -0.325 e. The second-order valence-corrected chi connectivity index (χ2v) is 12.1. The van der Waals surface area contributed by atoms with E-state index in [1.54, 1.807) is 12.1 Å². The van der Waals surface area contributed by atoms with Crippen LogP contribution in [0.15, 0.2) is 62.4 Å². The Morgan fingerprint density at radius 2 is 1.53 bits per heavy atom. The largest absolute Gasteiger partial charge is 0.325 e. The Kier molecular flexibility index (Phi) is 8.50. The number of carbonyl (C=O) groups is 1. The summed E-state index contributed by atoms with van der Waals surface area (Å²) in [5, 5.41) is 3.35. The van der Waals surface area contributed by atoms with Crippen LogP contribution in [-0.2, 0) is 14.8 Å². The number of benzene rings is 3. The molecule has 0 unspecified atom stereocenters. The SMILES string of the molecule is Cc1cc(C)cc(N(CCC(=O)Nc2cc(C)c(Br)c(C)c2Br)S(=O)(=O)c2ccc(Cl)cc2)c1. The first kappa shape index (κ1) is 26.7. The second kappa shape index (κ2) is 10.8. The molecule has 0 aromatic heterocycles. The zero-order chi connectivity index (χ0) is 25.2. The molecule has 0 atom stereocenters. The molecule has 9 heteroatoms. The number of rotatable bonds is 7. The van der Waals surface area contributed by atoms with Gasteiger partial charge in [0.25, 0.3) is 10.0 Å². The topological polar surface area (TPSA) is 66.5 Å². The zero-order valence-corrected chi connectivity index (χ0v) is 24.0. The van der Waals surface area contributed by atoms with Crippen molar-refractivity contribution in [3.63, 3.8) is 0 Å². The van der Waals surface area contributed by atoms with E-state index in [2.05, 4.69) is 37.2 Å². The number of halogens is 3. The van der Waals surface area contributed by atoms with Gasteiger partial charge < -0.3 is 5.32 Å². The van der Waals surface area contributed by atoms with Gasteiger partial charge in [-0.3, -0.25) is 9.10 Å². The van der Waals surface area contributed by atoms with Crippen molar-refractivity contribution in [3.05, 3.63) is 84.8 Å². The van der Waals surface area contributed by atoms with E-state index in [9.17, 15) is 13.2 Å². The molecule has 0 heterocycles. The van der Waals surface area contributed by atoms with Crippen molar-refractivity contribution >= 4 is 70.8 Å². The van der Waals surface area contributed by atoms with Crippen LogP contribution < -0.4 is 9.62 Å². The Morgan fingerprint density at radius 1 is 0.941 bits per heavy atom. The number of hydrogen-bond acceptors (Lipinski definition) is 3. The van der Waals surface area contributed by atoms with Crippen LogP contribution in [0, 0.1) is 27.7 Å². The summed E-state index contributed by atoms with van der Waals surface area (Å²) in [4.78, 5) is 13.0. The molecule has 3 aromatic rings. The Morgan fingerprint density at radius 3 is 2.12 bits per heavy atom. The van der Waals surface area contributed by atoms with Gasteiger partial charge in [-0.15, -0.1) is 0 Å². The molecule has 0 aliphatic carbocycles. The van der Waals surface area contributed by atoms with E-state index in [0.29, 0.717) is 16.4 Å². The summed E-state index contributed by atoms with van der Waals surface area (Å²) in [6.45, 7) is 7.68. The summed E-state index contributed by atoms with van der Waals surface area (Å²) in [6, 6.07) is 13.5. The third-order valence-corrected chi connectivity index (χ3v) is 9.65. The maximum absolute atomic E-state index is 13.6. The number of sulfonamides is 1. The highest BCUT2D eigenvalue weighted by Crippen LogP contribution is 2.34. The quantitative estimate of drug-likeness (QED) is 0.298. The van der Waals surface area contributed by atoms with Gasteiger partial charge in [-0.05, 0) is 108 Å². The lowest BCUT2D eigenvalue weighted by atomic mass is 10.1. The number of nitrogens with one attached hydrogen (secondary N) is 1. The molecule has 0 saturated carbocycles. The number of hydrogen-bond donors (Lipinski definition) is 1. The van der Waals surface area contributed by atoms with E-state index in [4.69, 9.17) is 11.6 Å². The van der Waals surface area contributed by atoms with Crippen molar-refractivity contribution in [2.75, 3.05) is 16.2 Å². The van der Waals surface area contributed by atoms with Gasteiger partial charge in [0.15, 0.2) is 0 Å². The highest BCUT2D eigenvalue weighted by molar-refractivity contribution is 9.11. The molecule has 5 nitrogen and oxygen atoms in total. The normalized spacial score (nSPS) is 11.4. The molecule has 34 heavy (non-hydrogen) atoms. The summed E-state index contributed by atoms with van der Waals surface area (Å²) >= 11 is 13.0. The fourth-order valence-corrected chi connectivity index (χ4v) is 6.23. The number of aryl methyl sites for hydroxylation is 3. The lowest BCUT2D eigenvalue weighted by molar-refractivity contribution is -0.116. The first-order chi connectivity index (χ1) is 15.9. The molecule has 1 amide bonds. The van der Waals surface area contributed by atoms with E-state index in [1.165, 1.54) is 28.6 Å². The summed E-state index contributed by atoms with van der Waals surface area (Å²) in [7, 11) is -3.92. The second-order valence-electron chi connectivity index (χ2n) is 8.17. The predicted octanol–water partition coefficient (Wildman–Crippen LogP) is 7.32. The van der Waals surface area contributed by atoms with Crippen molar-refractivity contribution in [1.29, 1.82) is 0 Å². The van der Waals surface area contributed by atoms with Crippen molar-refractivity contribution in [3.8, 4) is 0 Å². The van der Waals surface area contributed by atoms with Crippen molar-refractivity contribution in [2.45, 2.75) is 39.0 Å². The van der Waals surface area contributed by atoms with E-state index in [-0.39, 0.29) is 23.8 Å². The Hall–Kier alpha value is -1.87. The molecule has 180 valence electrons. The standard InChI is InChI=1S/C25H25Br2ClN2O3S/c1-15-11-16(2)13-20(12-15)30(34(32,33)21-7-5-19(28)6-8-21)10-9-23(31)29-22-14-17(3)24(26)18(4)25(22)27/h5-8,11-14H,9-10H2,1-4H3,(H,29,31). The number of nitrogens with zero attached hydrogens (tertiary/aromatic N) is 1. The molecule has 0 spiro atoms. The fraction of sp³-hybridized carbons (Fsp3) is 0.240. The summed E-state index contributed by atoms with van der Waals surface area (Å²) in [5.74, 6) is -0.289. The van der Waals surface area contributed by atoms with Crippen LogP contribution in [0.3, 0.4) is 0 Å². The van der Waals surface area contributed by atoms with Crippen LogP contribution in [0.1, 0.15) is 28.7 Å². The minimum absolute atomic E-state index is 0.0220. The van der Waals surface area contributed by atoms with E-state index in [0.717, 1.165) is 31.2 Å². The van der Waals surface area contributed by atoms with Crippen molar-refractivity contribution in [1.82, 2.24) is 0 Å². The van der Waals surface area contributed by atoms with Crippen molar-refractivity contribution in [2.24, 2.45) is 0 Å². The van der Waals surface area contributed by atoms with Crippen LogP contribution >= 0.6 is 43.5 Å². The minimum atomic E-state index is -3.92. The first-order valence-corrected chi connectivity index (χ1v) is 13.9. The number of carbonyl (C=O) groups excluding carboxylic acids is 1. The molecule has 0 saturated heterocycles. The number of amides is 1. The maximum Gasteiger partial charge on any atom is 0.264 e. The molecule has 0 fully saturated rings. The lowest BCUT2D eigenvalue weighted by Crippen LogP contribution is -2.34. The van der Waals surface area contributed by atoms with Crippen LogP contribution in [0.25, 0.3) is 0 Å². The highest BCUT2D eigenvalue weighted by Gasteiger charge is 2.26. The summed E-state index contributed by atoms with van der Waals surface area (Å²) < 4.78 is 30.1. The van der Waals surface area contributed by atoms with Gasteiger partial charge >= 0.3 is 0 Å². The van der Waals surface area contributed by atoms with Gasteiger partial charge in [0.1, 0.15) is 0 Å². The van der Waals surface area contributed by atoms with Gasteiger partial charge in [-0.2, -0.15) is 0 Å². The lowest BCUT2D eigenvalue weighted by Gasteiger charge is -2.25. The summed E-state index contributed by atoms with van der Waals surface area (Å²) in [6.07, 6.45) is -0.0274. The molecule has 1 N–H and O–H groups in total. The summed E-state index contributed by atoms with van der Waals surface area (Å²) in [5.41, 5.74) is 4.97. The number of anilines is 2. The molecular weight excluding hydrogens is 604 g/mol. The Balaban J connectivity index is 1.91. The fourth-order valence-electron chi connectivity index (χ4n) is 3.66. The van der Waals surface area contributed by atoms with Crippen LogP contribution in [0.5, 0.6) is 0 Å². The van der Waals surface area contributed by atoms with Crippen LogP contribution in [0.4, 0.5) is 11.4 Å². The smallest absolute Gasteiger partial charge is 0.264 e. The molecule has 3 aromatic carbocycles. The third kappa shape index (κ3) is 6.03. The van der Waals surface area contributed by atoms with Gasteiger partial charge in [-0.1, -0.05) is 33.6 Å². The van der Waals surface area contributed by atoms with Crippen LogP contribution in [0.2, 0.25) is 5.02 Å². The molecule has 3 rings (SSSR count). The monoisotopic (exact) mass is 626 g/mol. The first-order valence-electron chi connectivity index (χ1n) is 10.5. The maximum atomic E-state index is 13.6. The van der Waals surface area contributed by atoms with E-state index >= 15 is 0 Å². The predicted molar refractivity (Wildman–Crippen MR) is 146 cm³/mol. The molecular formula is C25H25Br2ClN2O3S.